The Kier molecular flexibility index (Phi) is 15.5. The molecule has 1 unspecified atom stereocenters. The van der Waals surface area contributed by atoms with Crippen LogP contribution in [-0.4, -0.2) is 4.98 Å². The standard InChI is InChI=1S/C21H25Cl2NS.C14H25N/c1-3-5-13(6-4-2)20-19-14(9-16(22)11-18(19)23)7-8-15-10-17(25)12-24-21(15)20;1-6-7-10-13(4)15-14(5)11-8-9-12(2)3/h9-13,20,25H,3-8H2,1-2H3;10,15H,2,5-9,11H2,1,3-4H3/b;13-10+. The fraction of sp³-hybridized carbons (Fsp3) is 0.514. The summed E-state index contributed by atoms with van der Waals surface area (Å²) >= 11 is 17.5. The van der Waals surface area contributed by atoms with Gasteiger partial charge in [-0.2, -0.15) is 0 Å². The van der Waals surface area contributed by atoms with Crippen LogP contribution in [0.25, 0.3) is 0 Å². The zero-order valence-electron chi connectivity index (χ0n) is 25.4. The second-order valence-electron chi connectivity index (χ2n) is 11.2. The van der Waals surface area contributed by atoms with Crippen molar-refractivity contribution in [2.75, 3.05) is 0 Å². The molecule has 0 fully saturated rings. The summed E-state index contributed by atoms with van der Waals surface area (Å²) in [4.78, 5) is 5.77. The third kappa shape index (κ3) is 11.0. The van der Waals surface area contributed by atoms with E-state index in [-0.39, 0.29) is 5.92 Å². The number of nitrogens with zero attached hydrogens (tertiary/aromatic N) is 1. The van der Waals surface area contributed by atoms with Gasteiger partial charge in [0.25, 0.3) is 0 Å². The highest BCUT2D eigenvalue weighted by atomic mass is 35.5. The van der Waals surface area contributed by atoms with Gasteiger partial charge in [0.1, 0.15) is 0 Å². The number of hydrogen-bond donors (Lipinski definition) is 2. The van der Waals surface area contributed by atoms with E-state index in [2.05, 4.69) is 83.9 Å². The Morgan fingerprint density at radius 2 is 1.70 bits per heavy atom. The van der Waals surface area contributed by atoms with Crippen LogP contribution < -0.4 is 5.32 Å². The average Bonchev–Trinajstić information content (AvgIpc) is 3.04. The summed E-state index contributed by atoms with van der Waals surface area (Å²) < 4.78 is 0. The number of unbranched alkanes of at least 4 members (excludes halogenated alkanes) is 1. The number of fused-ring (bicyclic) bond motifs is 2. The third-order valence-electron chi connectivity index (χ3n) is 7.42. The van der Waals surface area contributed by atoms with Crippen LogP contribution in [0.4, 0.5) is 0 Å². The fourth-order valence-electron chi connectivity index (χ4n) is 5.62. The van der Waals surface area contributed by atoms with Crippen LogP contribution in [0.3, 0.4) is 0 Å². The predicted molar refractivity (Wildman–Crippen MR) is 180 cm³/mol. The lowest BCUT2D eigenvalue weighted by Gasteiger charge is -2.29. The SMILES string of the molecule is C=C(C)CCCC(=C)N/C(C)=C/CCC.CCCC(CCC)C1c2ncc(S)cc2CCc2cc(Cl)cc(Cl)c21. The average molecular weight is 602 g/mol. The molecule has 3 rings (SSSR count). The number of benzene rings is 1. The highest BCUT2D eigenvalue weighted by molar-refractivity contribution is 7.80. The first-order valence-electron chi connectivity index (χ1n) is 15.0. The summed E-state index contributed by atoms with van der Waals surface area (Å²) in [7, 11) is 0. The van der Waals surface area contributed by atoms with Crippen molar-refractivity contribution in [3.8, 4) is 0 Å². The molecular weight excluding hydrogens is 551 g/mol. The Labute approximate surface area is 260 Å². The van der Waals surface area contributed by atoms with Crippen LogP contribution in [0.2, 0.25) is 10.0 Å². The van der Waals surface area contributed by atoms with Crippen molar-refractivity contribution < 1.29 is 0 Å². The first-order valence-corrected chi connectivity index (χ1v) is 16.2. The molecule has 40 heavy (non-hydrogen) atoms. The number of allylic oxidation sites excluding steroid dienone is 4. The molecule has 1 heterocycles. The van der Waals surface area contributed by atoms with Crippen LogP contribution in [0.1, 0.15) is 121 Å². The minimum atomic E-state index is 0.242. The van der Waals surface area contributed by atoms with Crippen molar-refractivity contribution in [3.63, 3.8) is 0 Å². The molecule has 1 aromatic carbocycles. The zero-order chi connectivity index (χ0) is 29.7. The van der Waals surface area contributed by atoms with Crippen molar-refractivity contribution in [3.05, 3.63) is 93.0 Å². The van der Waals surface area contributed by atoms with Gasteiger partial charge in [0.2, 0.25) is 0 Å². The maximum atomic E-state index is 6.73. The van der Waals surface area contributed by atoms with Gasteiger partial charge in [-0.3, -0.25) is 4.98 Å². The topological polar surface area (TPSA) is 24.9 Å². The lowest BCUT2D eigenvalue weighted by Crippen LogP contribution is -2.18. The summed E-state index contributed by atoms with van der Waals surface area (Å²) in [5.41, 5.74) is 8.60. The minimum Gasteiger partial charge on any atom is -0.363 e. The number of aromatic nitrogens is 1. The van der Waals surface area contributed by atoms with E-state index in [9.17, 15) is 0 Å². The normalized spacial score (nSPS) is 14.5. The van der Waals surface area contributed by atoms with Crippen LogP contribution in [0.15, 0.2) is 65.5 Å². The van der Waals surface area contributed by atoms with E-state index in [1.165, 1.54) is 65.8 Å². The molecule has 0 spiro atoms. The predicted octanol–water partition coefficient (Wildman–Crippen LogP) is 11.7. The highest BCUT2D eigenvalue weighted by Gasteiger charge is 2.33. The Balaban J connectivity index is 0.000000323. The van der Waals surface area contributed by atoms with Crippen LogP contribution in [0.5, 0.6) is 0 Å². The number of aryl methyl sites for hydroxylation is 2. The van der Waals surface area contributed by atoms with Gasteiger partial charge in [0.05, 0.1) is 5.69 Å². The van der Waals surface area contributed by atoms with E-state index in [1.54, 1.807) is 0 Å². The summed E-state index contributed by atoms with van der Waals surface area (Å²) in [5, 5.41) is 4.83. The van der Waals surface area contributed by atoms with Crippen molar-refractivity contribution >= 4 is 35.8 Å². The Hall–Kier alpha value is -1.68. The molecule has 0 saturated heterocycles. The van der Waals surface area contributed by atoms with Crippen LogP contribution in [-0.2, 0) is 12.8 Å². The van der Waals surface area contributed by atoms with Crippen molar-refractivity contribution in [1.29, 1.82) is 0 Å². The van der Waals surface area contributed by atoms with Crippen molar-refractivity contribution in [2.45, 2.75) is 116 Å². The molecule has 0 amide bonds. The van der Waals surface area contributed by atoms with Crippen LogP contribution >= 0.6 is 35.8 Å². The van der Waals surface area contributed by atoms with E-state index in [0.29, 0.717) is 5.92 Å². The molecule has 1 atom stereocenters. The molecule has 2 aromatic rings. The van der Waals surface area contributed by atoms with Gasteiger partial charge >= 0.3 is 0 Å². The Bertz CT molecular complexity index is 1150. The van der Waals surface area contributed by atoms with Crippen LogP contribution in [0, 0.1) is 5.92 Å². The monoisotopic (exact) mass is 600 g/mol. The first kappa shape index (κ1) is 34.5. The molecule has 1 aromatic heterocycles. The maximum Gasteiger partial charge on any atom is 0.0514 e. The quantitative estimate of drug-likeness (QED) is 0.176. The van der Waals surface area contributed by atoms with Gasteiger partial charge < -0.3 is 5.32 Å². The van der Waals surface area contributed by atoms with E-state index in [1.807, 2.05) is 12.3 Å². The molecule has 0 radical (unpaired) electrons. The molecule has 0 bridgehead atoms. The molecule has 2 nitrogen and oxygen atoms in total. The van der Waals surface area contributed by atoms with Gasteiger partial charge in [-0.15, -0.1) is 19.2 Å². The summed E-state index contributed by atoms with van der Waals surface area (Å²) in [6.45, 7) is 18.8. The number of hydrogen-bond acceptors (Lipinski definition) is 3. The van der Waals surface area contributed by atoms with E-state index in [0.717, 1.165) is 59.2 Å². The second kappa shape index (κ2) is 18.0. The minimum absolute atomic E-state index is 0.242. The Morgan fingerprint density at radius 1 is 1.02 bits per heavy atom. The largest absolute Gasteiger partial charge is 0.363 e. The van der Waals surface area contributed by atoms with E-state index in [4.69, 9.17) is 28.2 Å². The smallest absolute Gasteiger partial charge is 0.0514 e. The third-order valence-corrected chi connectivity index (χ3v) is 8.20. The summed E-state index contributed by atoms with van der Waals surface area (Å²) in [5.74, 6) is 0.786. The summed E-state index contributed by atoms with van der Waals surface area (Å²) in [6.07, 6.45) is 16.3. The maximum absolute atomic E-state index is 6.73. The molecular formula is C35H50Cl2N2S. The Morgan fingerprint density at radius 3 is 2.33 bits per heavy atom. The molecule has 1 aliphatic carbocycles. The second-order valence-corrected chi connectivity index (χ2v) is 12.6. The molecule has 1 N–H and O–H groups in total. The lowest BCUT2D eigenvalue weighted by atomic mass is 9.77. The van der Waals surface area contributed by atoms with E-state index < -0.39 is 0 Å². The van der Waals surface area contributed by atoms with Crippen molar-refractivity contribution in [1.82, 2.24) is 10.3 Å². The number of halogens is 2. The fourth-order valence-corrected chi connectivity index (χ4v) is 6.49. The molecule has 0 saturated carbocycles. The molecule has 0 aliphatic heterocycles. The number of rotatable bonds is 13. The highest BCUT2D eigenvalue weighted by Crippen LogP contribution is 2.45. The first-order chi connectivity index (χ1) is 19.1. The molecule has 220 valence electrons. The zero-order valence-corrected chi connectivity index (χ0v) is 27.8. The number of thiol groups is 1. The number of pyridine rings is 1. The summed E-state index contributed by atoms with van der Waals surface area (Å²) in [6, 6.07) is 6.16. The van der Waals surface area contributed by atoms with E-state index >= 15 is 0 Å². The number of nitrogens with one attached hydrogen (secondary N) is 1. The molecule has 5 heteroatoms. The van der Waals surface area contributed by atoms with Gasteiger partial charge in [0.15, 0.2) is 0 Å². The lowest BCUT2D eigenvalue weighted by molar-refractivity contribution is 0.390. The van der Waals surface area contributed by atoms with Gasteiger partial charge in [-0.05, 0) is 106 Å². The van der Waals surface area contributed by atoms with Gasteiger partial charge in [-0.25, -0.2) is 0 Å². The van der Waals surface area contributed by atoms with Crippen molar-refractivity contribution in [2.24, 2.45) is 5.92 Å². The molecule has 1 aliphatic rings. The van der Waals surface area contributed by atoms with Gasteiger partial charge in [0, 0.05) is 38.4 Å². The van der Waals surface area contributed by atoms with Gasteiger partial charge in [-0.1, -0.05) is 81.5 Å².